The van der Waals surface area contributed by atoms with Crippen LogP contribution in [0.2, 0.25) is 5.02 Å². The Hall–Kier alpha value is -2.59. The van der Waals surface area contributed by atoms with Gasteiger partial charge in [0.25, 0.3) is 5.91 Å². The lowest BCUT2D eigenvalue weighted by Gasteiger charge is -2.06. The third-order valence-corrected chi connectivity index (χ3v) is 3.25. The fourth-order valence-electron chi connectivity index (χ4n) is 1.79. The van der Waals surface area contributed by atoms with Crippen LogP contribution in [-0.2, 0) is 9.59 Å². The van der Waals surface area contributed by atoms with Crippen LogP contribution in [0.1, 0.15) is 11.1 Å². The van der Waals surface area contributed by atoms with E-state index in [-0.39, 0.29) is 5.76 Å². The van der Waals surface area contributed by atoms with Crippen molar-refractivity contribution in [2.45, 2.75) is 6.92 Å². The van der Waals surface area contributed by atoms with E-state index in [9.17, 15) is 14.7 Å². The smallest absolute Gasteiger partial charge is 0.296 e. The molecule has 0 aromatic heterocycles. The number of rotatable bonds is 4. The molecule has 2 rings (SSSR count). The number of aryl methyl sites for hydroxylation is 1. The van der Waals surface area contributed by atoms with Gasteiger partial charge in [-0.1, -0.05) is 48.0 Å². The molecule has 0 saturated carbocycles. The van der Waals surface area contributed by atoms with Crippen molar-refractivity contribution in [1.29, 1.82) is 0 Å². The highest BCUT2D eigenvalue weighted by Gasteiger charge is 2.14. The van der Waals surface area contributed by atoms with Crippen LogP contribution in [0.15, 0.2) is 54.6 Å². The average Bonchev–Trinajstić information content (AvgIpc) is 2.50. The van der Waals surface area contributed by atoms with Crippen molar-refractivity contribution in [2.24, 2.45) is 0 Å². The molecule has 0 unspecified atom stereocenters. The summed E-state index contributed by atoms with van der Waals surface area (Å²) in [5, 5.41) is 12.6. The summed E-state index contributed by atoms with van der Waals surface area (Å²) in [6.45, 7) is 1.86. The van der Waals surface area contributed by atoms with Crippen LogP contribution in [0.3, 0.4) is 0 Å². The van der Waals surface area contributed by atoms with Gasteiger partial charge in [-0.2, -0.15) is 0 Å². The van der Waals surface area contributed by atoms with Gasteiger partial charge in [0.05, 0.1) is 10.7 Å². The van der Waals surface area contributed by atoms with E-state index in [1.165, 1.54) is 0 Å². The first-order valence-corrected chi connectivity index (χ1v) is 6.92. The van der Waals surface area contributed by atoms with Crippen LogP contribution in [-0.4, -0.2) is 16.8 Å². The van der Waals surface area contributed by atoms with E-state index >= 15 is 0 Å². The molecule has 5 heteroatoms. The molecule has 0 spiro atoms. The largest absolute Gasteiger partial charge is 0.507 e. The lowest BCUT2D eigenvalue weighted by atomic mass is 10.1. The molecule has 2 N–H and O–H groups in total. The first kappa shape index (κ1) is 15.8. The van der Waals surface area contributed by atoms with Gasteiger partial charge in [0.15, 0.2) is 0 Å². The molecule has 0 heterocycles. The summed E-state index contributed by atoms with van der Waals surface area (Å²) in [5.74, 6) is -2.00. The molecule has 0 aliphatic heterocycles. The Morgan fingerprint density at radius 1 is 1.14 bits per heavy atom. The highest BCUT2D eigenvalue weighted by atomic mass is 35.5. The second-order valence-electron chi connectivity index (χ2n) is 4.70. The molecule has 2 aromatic rings. The predicted molar refractivity (Wildman–Crippen MR) is 86.9 cm³/mol. The lowest BCUT2D eigenvalue weighted by Crippen LogP contribution is -2.21. The maximum absolute atomic E-state index is 11.8. The maximum Gasteiger partial charge on any atom is 0.296 e. The van der Waals surface area contributed by atoms with Crippen molar-refractivity contribution in [2.75, 3.05) is 5.32 Å². The lowest BCUT2D eigenvalue weighted by molar-refractivity contribution is -0.131. The Bertz CT molecular complexity index is 739. The van der Waals surface area contributed by atoms with E-state index in [1.54, 1.807) is 48.5 Å². The van der Waals surface area contributed by atoms with Gasteiger partial charge in [0.1, 0.15) is 5.76 Å². The van der Waals surface area contributed by atoms with E-state index in [2.05, 4.69) is 5.32 Å². The number of carbonyl (C=O) groups excluding carboxylic acids is 2. The minimum absolute atomic E-state index is 0.268. The Morgan fingerprint density at radius 3 is 2.45 bits per heavy atom. The summed E-state index contributed by atoms with van der Waals surface area (Å²) in [6, 6.07) is 13.5. The Balaban J connectivity index is 2.11. The molecule has 0 saturated heterocycles. The van der Waals surface area contributed by atoms with Crippen molar-refractivity contribution in [3.05, 3.63) is 70.8 Å². The van der Waals surface area contributed by atoms with E-state index in [0.717, 1.165) is 11.6 Å². The predicted octanol–water partition coefficient (Wildman–Crippen LogP) is 3.76. The summed E-state index contributed by atoms with van der Waals surface area (Å²) in [7, 11) is 0. The van der Waals surface area contributed by atoms with Crippen LogP contribution >= 0.6 is 11.6 Å². The number of aliphatic hydroxyl groups excluding tert-OH is 1. The Morgan fingerprint density at radius 2 is 1.82 bits per heavy atom. The first-order chi connectivity index (χ1) is 10.5. The van der Waals surface area contributed by atoms with E-state index in [4.69, 9.17) is 11.6 Å². The molecule has 0 atom stereocenters. The SMILES string of the molecule is Cc1ccc(NC(=O)C(=O)C=C(O)c2ccccc2)c(Cl)c1. The number of aliphatic hydroxyl groups is 1. The summed E-state index contributed by atoms with van der Waals surface area (Å²) in [6.07, 6.45) is 0.882. The molecule has 0 radical (unpaired) electrons. The molecular weight excluding hydrogens is 302 g/mol. The van der Waals surface area contributed by atoms with Gasteiger partial charge in [-0.05, 0) is 24.6 Å². The van der Waals surface area contributed by atoms with Crippen LogP contribution in [0, 0.1) is 6.92 Å². The number of hydrogen-bond donors (Lipinski definition) is 2. The van der Waals surface area contributed by atoms with Crippen LogP contribution in [0.4, 0.5) is 5.69 Å². The maximum atomic E-state index is 11.8. The average molecular weight is 316 g/mol. The van der Waals surface area contributed by atoms with Crippen LogP contribution < -0.4 is 5.32 Å². The van der Waals surface area contributed by atoms with Gasteiger partial charge in [0.2, 0.25) is 5.78 Å². The van der Waals surface area contributed by atoms with Crippen LogP contribution in [0.25, 0.3) is 5.76 Å². The quantitative estimate of drug-likeness (QED) is 0.513. The van der Waals surface area contributed by atoms with Crippen molar-refractivity contribution in [3.8, 4) is 0 Å². The van der Waals surface area contributed by atoms with Gasteiger partial charge in [0, 0.05) is 11.6 Å². The monoisotopic (exact) mass is 315 g/mol. The van der Waals surface area contributed by atoms with E-state index in [0.29, 0.717) is 16.3 Å². The number of nitrogens with one attached hydrogen (secondary N) is 1. The van der Waals surface area contributed by atoms with Crippen molar-refractivity contribution < 1.29 is 14.7 Å². The molecule has 4 nitrogen and oxygen atoms in total. The second kappa shape index (κ2) is 6.91. The number of amides is 1. The molecule has 2 aromatic carbocycles. The molecule has 0 aliphatic carbocycles. The number of anilines is 1. The summed E-state index contributed by atoms with van der Waals surface area (Å²) < 4.78 is 0. The second-order valence-corrected chi connectivity index (χ2v) is 5.10. The topological polar surface area (TPSA) is 66.4 Å². The summed E-state index contributed by atoms with van der Waals surface area (Å²) >= 11 is 5.99. The summed E-state index contributed by atoms with van der Waals surface area (Å²) in [5.41, 5.74) is 1.74. The van der Waals surface area contributed by atoms with Gasteiger partial charge in [-0.3, -0.25) is 9.59 Å². The summed E-state index contributed by atoms with van der Waals surface area (Å²) in [4.78, 5) is 23.7. The standard InChI is InChI=1S/C17H14ClNO3/c1-11-7-8-14(13(18)9-11)19-17(22)16(21)10-15(20)12-5-3-2-4-6-12/h2-10,20H,1H3,(H,19,22). The molecular formula is C17H14ClNO3. The zero-order chi connectivity index (χ0) is 16.1. The molecule has 22 heavy (non-hydrogen) atoms. The van der Waals surface area contributed by atoms with Crippen molar-refractivity contribution >= 4 is 34.7 Å². The molecule has 0 aliphatic rings. The minimum Gasteiger partial charge on any atom is -0.507 e. The fraction of sp³-hybridized carbons (Fsp3) is 0.0588. The van der Waals surface area contributed by atoms with E-state index < -0.39 is 11.7 Å². The number of ketones is 1. The fourth-order valence-corrected chi connectivity index (χ4v) is 2.07. The number of carbonyl (C=O) groups is 2. The molecule has 1 amide bonds. The normalized spacial score (nSPS) is 11.1. The van der Waals surface area contributed by atoms with Gasteiger partial charge in [-0.25, -0.2) is 0 Å². The van der Waals surface area contributed by atoms with Gasteiger partial charge < -0.3 is 10.4 Å². The van der Waals surface area contributed by atoms with E-state index in [1.807, 2.05) is 6.92 Å². The zero-order valence-corrected chi connectivity index (χ0v) is 12.6. The van der Waals surface area contributed by atoms with Crippen molar-refractivity contribution in [1.82, 2.24) is 0 Å². The number of benzene rings is 2. The number of halogens is 1. The highest BCUT2D eigenvalue weighted by Crippen LogP contribution is 2.22. The van der Waals surface area contributed by atoms with Crippen molar-refractivity contribution in [3.63, 3.8) is 0 Å². The highest BCUT2D eigenvalue weighted by molar-refractivity contribution is 6.46. The Kier molecular flexibility index (Phi) is 4.96. The number of hydrogen-bond acceptors (Lipinski definition) is 3. The van der Waals surface area contributed by atoms with Gasteiger partial charge >= 0.3 is 0 Å². The van der Waals surface area contributed by atoms with Crippen LogP contribution in [0.5, 0.6) is 0 Å². The third kappa shape index (κ3) is 3.96. The molecule has 0 bridgehead atoms. The first-order valence-electron chi connectivity index (χ1n) is 6.55. The van der Waals surface area contributed by atoms with Gasteiger partial charge in [-0.15, -0.1) is 0 Å². The molecule has 112 valence electrons. The zero-order valence-electron chi connectivity index (χ0n) is 11.8. The Labute approximate surface area is 133 Å². The third-order valence-electron chi connectivity index (χ3n) is 2.93. The minimum atomic E-state index is -0.867. The molecule has 0 fully saturated rings.